The fourth-order valence-electron chi connectivity index (χ4n) is 4.55. The normalized spacial score (nSPS) is 14.8. The maximum atomic E-state index is 13.4. The first-order valence-electron chi connectivity index (χ1n) is 11.5. The van der Waals surface area contributed by atoms with Gasteiger partial charge in [0.2, 0.25) is 4.96 Å². The van der Waals surface area contributed by atoms with E-state index < -0.39 is 0 Å². The van der Waals surface area contributed by atoms with Crippen LogP contribution in [0.15, 0.2) is 65.5 Å². The summed E-state index contributed by atoms with van der Waals surface area (Å²) in [6.07, 6.45) is 6.03. The Bertz CT molecular complexity index is 1260. The lowest BCUT2D eigenvalue weighted by atomic mass is 9.90. The van der Waals surface area contributed by atoms with E-state index in [1.54, 1.807) is 29.5 Å². The van der Waals surface area contributed by atoms with Crippen molar-refractivity contribution >= 4 is 16.3 Å². The van der Waals surface area contributed by atoms with Crippen molar-refractivity contribution in [2.75, 3.05) is 0 Å². The SMILES string of the molecule is O=c1cc(CN(Cc2ccccc2)Cc2ccc(F)cc2)nc2sc(C3CCCCC3)nn12. The van der Waals surface area contributed by atoms with Gasteiger partial charge in [-0.05, 0) is 36.1 Å². The highest BCUT2D eigenvalue weighted by Gasteiger charge is 2.21. The van der Waals surface area contributed by atoms with E-state index in [0.29, 0.717) is 30.5 Å². The molecule has 5 rings (SSSR count). The maximum absolute atomic E-state index is 13.4. The van der Waals surface area contributed by atoms with E-state index in [-0.39, 0.29) is 11.4 Å². The average Bonchev–Trinajstić information content (AvgIpc) is 3.27. The van der Waals surface area contributed by atoms with Gasteiger partial charge in [0.05, 0.1) is 5.69 Å². The molecule has 1 aliphatic carbocycles. The Morgan fingerprint density at radius 1 is 0.939 bits per heavy atom. The number of nitrogens with zero attached hydrogens (tertiary/aromatic N) is 4. The van der Waals surface area contributed by atoms with Crippen molar-refractivity contribution in [3.8, 4) is 0 Å². The van der Waals surface area contributed by atoms with Crippen LogP contribution >= 0.6 is 11.3 Å². The minimum absolute atomic E-state index is 0.130. The number of halogens is 1. The van der Waals surface area contributed by atoms with Crippen molar-refractivity contribution in [2.24, 2.45) is 0 Å². The molecule has 33 heavy (non-hydrogen) atoms. The van der Waals surface area contributed by atoms with E-state index >= 15 is 0 Å². The third-order valence-corrected chi connectivity index (χ3v) is 7.29. The molecule has 0 saturated heterocycles. The molecule has 0 bridgehead atoms. The molecule has 1 fully saturated rings. The van der Waals surface area contributed by atoms with Gasteiger partial charge in [0.1, 0.15) is 10.8 Å². The number of benzene rings is 2. The topological polar surface area (TPSA) is 50.5 Å². The lowest BCUT2D eigenvalue weighted by Gasteiger charge is -2.22. The number of rotatable bonds is 7. The Hall–Kier alpha value is -2.90. The molecule has 1 saturated carbocycles. The predicted molar refractivity (Wildman–Crippen MR) is 129 cm³/mol. The third kappa shape index (κ3) is 5.37. The summed E-state index contributed by atoms with van der Waals surface area (Å²) < 4.78 is 14.8. The second kappa shape index (κ2) is 9.93. The first-order chi connectivity index (χ1) is 16.1. The van der Waals surface area contributed by atoms with Gasteiger partial charge >= 0.3 is 0 Å². The summed E-state index contributed by atoms with van der Waals surface area (Å²) in [6, 6.07) is 18.4. The molecule has 5 nitrogen and oxygen atoms in total. The van der Waals surface area contributed by atoms with Gasteiger partial charge < -0.3 is 0 Å². The number of fused-ring (bicyclic) bond motifs is 1. The van der Waals surface area contributed by atoms with Gasteiger partial charge in [-0.15, -0.1) is 0 Å². The first-order valence-corrected chi connectivity index (χ1v) is 12.4. The van der Waals surface area contributed by atoms with Crippen LogP contribution in [-0.4, -0.2) is 19.5 Å². The molecule has 170 valence electrons. The number of hydrogen-bond donors (Lipinski definition) is 0. The Morgan fingerprint density at radius 2 is 1.64 bits per heavy atom. The molecule has 0 atom stereocenters. The van der Waals surface area contributed by atoms with Gasteiger partial charge in [-0.2, -0.15) is 9.61 Å². The zero-order chi connectivity index (χ0) is 22.6. The molecule has 1 aliphatic rings. The van der Waals surface area contributed by atoms with Crippen LogP contribution in [0, 0.1) is 5.82 Å². The summed E-state index contributed by atoms with van der Waals surface area (Å²) in [7, 11) is 0. The van der Waals surface area contributed by atoms with Crippen molar-refractivity contribution in [2.45, 2.75) is 57.7 Å². The molecule has 0 N–H and O–H groups in total. The average molecular weight is 463 g/mol. The van der Waals surface area contributed by atoms with Gasteiger partial charge in [0.25, 0.3) is 5.56 Å². The van der Waals surface area contributed by atoms with Crippen LogP contribution in [0.3, 0.4) is 0 Å². The van der Waals surface area contributed by atoms with Crippen LogP contribution in [0.5, 0.6) is 0 Å². The summed E-state index contributed by atoms with van der Waals surface area (Å²) >= 11 is 1.55. The van der Waals surface area contributed by atoms with Crippen LogP contribution in [0.2, 0.25) is 0 Å². The molecule has 2 aromatic heterocycles. The number of hydrogen-bond acceptors (Lipinski definition) is 5. The lowest BCUT2D eigenvalue weighted by molar-refractivity contribution is 0.244. The van der Waals surface area contributed by atoms with Gasteiger partial charge in [0.15, 0.2) is 0 Å². The molecule has 7 heteroatoms. The van der Waals surface area contributed by atoms with Crippen molar-refractivity contribution in [3.63, 3.8) is 0 Å². The summed E-state index contributed by atoms with van der Waals surface area (Å²) in [6.45, 7) is 1.86. The third-order valence-electron chi connectivity index (χ3n) is 6.22. The van der Waals surface area contributed by atoms with E-state index in [9.17, 15) is 9.18 Å². The van der Waals surface area contributed by atoms with Crippen molar-refractivity contribution in [1.29, 1.82) is 0 Å². The molecular weight excluding hydrogens is 435 g/mol. The molecule has 4 aromatic rings. The van der Waals surface area contributed by atoms with Gasteiger partial charge in [0, 0.05) is 31.6 Å². The minimum Gasteiger partial charge on any atom is -0.289 e. The molecule has 0 radical (unpaired) electrons. The summed E-state index contributed by atoms with van der Waals surface area (Å²) in [4.78, 5) is 20.5. The van der Waals surface area contributed by atoms with E-state index in [0.717, 1.165) is 29.1 Å². The van der Waals surface area contributed by atoms with Crippen molar-refractivity contribution in [1.82, 2.24) is 19.5 Å². The molecule has 0 amide bonds. The molecule has 2 aromatic carbocycles. The van der Waals surface area contributed by atoms with Gasteiger partial charge in [-0.3, -0.25) is 9.69 Å². The summed E-state index contributed by atoms with van der Waals surface area (Å²) in [5.74, 6) is 0.203. The van der Waals surface area contributed by atoms with Gasteiger partial charge in [-0.1, -0.05) is 73.1 Å². The largest absolute Gasteiger partial charge is 0.289 e. The fourth-order valence-corrected chi connectivity index (χ4v) is 5.65. The molecule has 0 aliphatic heterocycles. The summed E-state index contributed by atoms with van der Waals surface area (Å²) in [5, 5.41) is 5.64. The minimum atomic E-state index is -0.243. The van der Waals surface area contributed by atoms with E-state index in [1.165, 1.54) is 41.5 Å². The van der Waals surface area contributed by atoms with Gasteiger partial charge in [-0.25, -0.2) is 9.37 Å². The van der Waals surface area contributed by atoms with Crippen LogP contribution in [-0.2, 0) is 19.6 Å². The highest BCUT2D eigenvalue weighted by Crippen LogP contribution is 2.34. The Labute approximate surface area is 196 Å². The maximum Gasteiger partial charge on any atom is 0.275 e. The summed E-state index contributed by atoms with van der Waals surface area (Å²) in [5.41, 5.74) is 2.80. The molecule has 2 heterocycles. The fraction of sp³-hybridized carbons (Fsp3) is 0.346. The van der Waals surface area contributed by atoms with Crippen LogP contribution < -0.4 is 5.56 Å². The van der Waals surface area contributed by atoms with E-state index in [2.05, 4.69) is 22.1 Å². The second-order valence-corrected chi connectivity index (χ2v) is 9.80. The van der Waals surface area contributed by atoms with E-state index in [1.807, 2.05) is 18.2 Å². The zero-order valence-electron chi connectivity index (χ0n) is 18.5. The molecular formula is C26H27FN4OS. The number of aromatic nitrogens is 3. The second-order valence-electron chi connectivity index (χ2n) is 8.81. The van der Waals surface area contributed by atoms with Crippen LogP contribution in [0.4, 0.5) is 4.39 Å². The van der Waals surface area contributed by atoms with E-state index in [4.69, 9.17) is 4.98 Å². The van der Waals surface area contributed by atoms with Crippen molar-refractivity contribution in [3.05, 3.63) is 98.7 Å². The lowest BCUT2D eigenvalue weighted by Crippen LogP contribution is -2.25. The highest BCUT2D eigenvalue weighted by atomic mass is 32.1. The Balaban J connectivity index is 1.41. The quantitative estimate of drug-likeness (QED) is 0.362. The first kappa shape index (κ1) is 21.9. The Kier molecular flexibility index (Phi) is 6.60. The Morgan fingerprint density at radius 3 is 2.36 bits per heavy atom. The zero-order valence-corrected chi connectivity index (χ0v) is 19.3. The predicted octanol–water partition coefficient (Wildman–Crippen LogP) is 5.54. The smallest absolute Gasteiger partial charge is 0.275 e. The van der Waals surface area contributed by atoms with Crippen LogP contribution in [0.25, 0.3) is 4.96 Å². The van der Waals surface area contributed by atoms with Crippen LogP contribution in [0.1, 0.15) is 59.9 Å². The monoisotopic (exact) mass is 462 g/mol. The molecule has 0 unspecified atom stereocenters. The molecule has 0 spiro atoms. The van der Waals surface area contributed by atoms with Crippen molar-refractivity contribution < 1.29 is 4.39 Å². The standard InChI is InChI=1S/C26H27FN4OS/c27-22-13-11-20(12-14-22)17-30(16-19-7-3-1-4-8-19)18-23-15-24(32)31-26(28-23)33-25(29-31)21-9-5-2-6-10-21/h1,3-4,7-8,11-15,21H,2,5-6,9-10,16-18H2. The highest BCUT2D eigenvalue weighted by molar-refractivity contribution is 7.16.